The average molecular weight is 193 g/mol. The highest BCUT2D eigenvalue weighted by Gasteiger charge is 2.11. The Balaban J connectivity index is 3.21. The largest absolute Gasteiger partial charge is 0.508 e. The summed E-state index contributed by atoms with van der Waals surface area (Å²) in [7, 11) is 0. The number of allylic oxidation sites excluding steroid dienone is 1. The molecular weight excluding hydrogens is 186 g/mol. The van der Waals surface area contributed by atoms with E-state index in [2.05, 4.69) is 0 Å². The van der Waals surface area contributed by atoms with Gasteiger partial charge in [0.05, 0.1) is 16.6 Å². The molecule has 0 heterocycles. The topological polar surface area (TPSA) is 80.4 Å². The summed E-state index contributed by atoms with van der Waals surface area (Å²) in [5, 5.41) is 19.5. The van der Waals surface area contributed by atoms with E-state index in [0.717, 1.165) is 12.1 Å². The minimum atomic E-state index is -0.621. The number of phenolic OH excluding ortho intramolecular Hbond substituents is 1. The standard InChI is InChI=1S/C9H7NO4/c11-5-1-2-7-3-4-8(12)6-9(7)10(13)14/h1-6,12H. The Morgan fingerprint density at radius 3 is 2.71 bits per heavy atom. The van der Waals surface area contributed by atoms with E-state index in [1.165, 1.54) is 18.2 Å². The van der Waals surface area contributed by atoms with Gasteiger partial charge in [-0.05, 0) is 24.3 Å². The van der Waals surface area contributed by atoms with E-state index in [1.54, 1.807) is 0 Å². The van der Waals surface area contributed by atoms with Crippen molar-refractivity contribution in [3.63, 3.8) is 0 Å². The molecule has 5 heteroatoms. The van der Waals surface area contributed by atoms with Crippen LogP contribution in [-0.2, 0) is 4.79 Å². The number of aromatic hydroxyl groups is 1. The minimum absolute atomic E-state index is 0.181. The number of aldehydes is 1. The molecule has 5 nitrogen and oxygen atoms in total. The zero-order valence-electron chi connectivity index (χ0n) is 7.08. The molecule has 72 valence electrons. The number of benzene rings is 1. The van der Waals surface area contributed by atoms with Crippen LogP contribution < -0.4 is 0 Å². The molecule has 0 spiro atoms. The summed E-state index contributed by atoms with van der Waals surface area (Å²) in [4.78, 5) is 19.9. The van der Waals surface area contributed by atoms with Crippen LogP contribution in [0.3, 0.4) is 0 Å². The van der Waals surface area contributed by atoms with Gasteiger partial charge >= 0.3 is 0 Å². The second kappa shape index (κ2) is 4.18. The number of hydrogen-bond donors (Lipinski definition) is 1. The lowest BCUT2D eigenvalue weighted by molar-refractivity contribution is -0.385. The maximum Gasteiger partial charge on any atom is 0.280 e. The van der Waals surface area contributed by atoms with Crippen molar-refractivity contribution in [1.29, 1.82) is 0 Å². The lowest BCUT2D eigenvalue weighted by Gasteiger charge is -1.97. The number of carbonyl (C=O) groups excluding carboxylic acids is 1. The fourth-order valence-corrected chi connectivity index (χ4v) is 0.974. The summed E-state index contributed by atoms with van der Waals surface area (Å²) in [5.41, 5.74) is 0.0444. The average Bonchev–Trinajstić information content (AvgIpc) is 2.15. The Kier molecular flexibility index (Phi) is 2.96. The van der Waals surface area contributed by atoms with Gasteiger partial charge in [-0.2, -0.15) is 0 Å². The third-order valence-electron chi connectivity index (χ3n) is 1.57. The van der Waals surface area contributed by atoms with Gasteiger partial charge in [-0.25, -0.2) is 0 Å². The van der Waals surface area contributed by atoms with Crippen LogP contribution in [0.25, 0.3) is 6.08 Å². The van der Waals surface area contributed by atoms with E-state index >= 15 is 0 Å². The maximum atomic E-state index is 10.5. The summed E-state index contributed by atoms with van der Waals surface area (Å²) >= 11 is 0. The number of nitro benzene ring substituents is 1. The highest BCUT2D eigenvalue weighted by molar-refractivity contribution is 5.76. The normalized spacial score (nSPS) is 10.3. The van der Waals surface area contributed by atoms with Gasteiger partial charge in [-0.3, -0.25) is 14.9 Å². The lowest BCUT2D eigenvalue weighted by atomic mass is 10.1. The molecule has 14 heavy (non-hydrogen) atoms. The highest BCUT2D eigenvalue weighted by atomic mass is 16.6. The van der Waals surface area contributed by atoms with Gasteiger partial charge in [0, 0.05) is 0 Å². The van der Waals surface area contributed by atoms with Crippen molar-refractivity contribution in [1.82, 2.24) is 0 Å². The number of hydrogen-bond acceptors (Lipinski definition) is 4. The van der Waals surface area contributed by atoms with E-state index < -0.39 is 4.92 Å². The number of phenols is 1. The molecule has 0 saturated heterocycles. The molecule has 1 rings (SSSR count). The molecule has 1 N–H and O–H groups in total. The fourth-order valence-electron chi connectivity index (χ4n) is 0.974. The van der Waals surface area contributed by atoms with Crippen LogP contribution in [0.2, 0.25) is 0 Å². The first-order valence-electron chi connectivity index (χ1n) is 3.74. The van der Waals surface area contributed by atoms with Crippen LogP contribution in [0, 0.1) is 10.1 Å². The third kappa shape index (κ3) is 2.16. The van der Waals surface area contributed by atoms with E-state index in [1.807, 2.05) is 0 Å². The van der Waals surface area contributed by atoms with E-state index in [-0.39, 0.29) is 17.0 Å². The van der Waals surface area contributed by atoms with Crippen molar-refractivity contribution in [3.8, 4) is 5.75 Å². The molecule has 0 aliphatic heterocycles. The Bertz CT molecular complexity index is 398. The molecule has 1 aromatic rings. The van der Waals surface area contributed by atoms with Crippen molar-refractivity contribution in [3.05, 3.63) is 40.0 Å². The second-order valence-electron chi connectivity index (χ2n) is 2.50. The molecule has 0 saturated carbocycles. The van der Waals surface area contributed by atoms with Gasteiger partial charge in [0.25, 0.3) is 5.69 Å². The van der Waals surface area contributed by atoms with Crippen LogP contribution in [0.1, 0.15) is 5.56 Å². The minimum Gasteiger partial charge on any atom is -0.508 e. The Morgan fingerprint density at radius 2 is 2.14 bits per heavy atom. The molecule has 0 atom stereocenters. The van der Waals surface area contributed by atoms with Gasteiger partial charge in [0.1, 0.15) is 12.0 Å². The van der Waals surface area contributed by atoms with Gasteiger partial charge < -0.3 is 5.11 Å². The van der Waals surface area contributed by atoms with E-state index in [9.17, 15) is 14.9 Å². The third-order valence-corrected chi connectivity index (χ3v) is 1.57. The zero-order chi connectivity index (χ0) is 10.6. The lowest BCUT2D eigenvalue weighted by Crippen LogP contribution is -1.90. The van der Waals surface area contributed by atoms with Crippen molar-refractivity contribution in [2.45, 2.75) is 0 Å². The quantitative estimate of drug-likeness (QED) is 0.341. The van der Waals surface area contributed by atoms with Gasteiger partial charge in [-0.1, -0.05) is 0 Å². The van der Waals surface area contributed by atoms with Crippen molar-refractivity contribution in [2.24, 2.45) is 0 Å². The first-order valence-corrected chi connectivity index (χ1v) is 3.74. The Hall–Kier alpha value is -2.17. The van der Waals surface area contributed by atoms with Crippen LogP contribution in [0.5, 0.6) is 5.75 Å². The summed E-state index contributed by atoms with van der Waals surface area (Å²) in [6.07, 6.45) is 2.99. The Labute approximate surface area is 79.4 Å². The monoisotopic (exact) mass is 193 g/mol. The summed E-state index contributed by atoms with van der Waals surface area (Å²) in [5.74, 6) is -0.181. The molecule has 0 aliphatic rings. The SMILES string of the molecule is O=CC=Cc1ccc(O)cc1[N+](=O)[O-]. The molecule has 0 unspecified atom stereocenters. The smallest absolute Gasteiger partial charge is 0.280 e. The predicted octanol–water partition coefficient (Wildman–Crippen LogP) is 1.51. The van der Waals surface area contributed by atoms with Crippen LogP contribution in [0.4, 0.5) is 5.69 Å². The summed E-state index contributed by atoms with van der Waals surface area (Å²) in [6.45, 7) is 0. The summed E-state index contributed by atoms with van der Waals surface area (Å²) < 4.78 is 0. The van der Waals surface area contributed by atoms with E-state index in [0.29, 0.717) is 6.29 Å². The van der Waals surface area contributed by atoms with Crippen molar-refractivity contribution in [2.75, 3.05) is 0 Å². The van der Waals surface area contributed by atoms with Crippen LogP contribution >= 0.6 is 0 Å². The van der Waals surface area contributed by atoms with Gasteiger partial charge in [0.15, 0.2) is 0 Å². The molecule has 0 aliphatic carbocycles. The number of nitrogens with zero attached hydrogens (tertiary/aromatic N) is 1. The molecular formula is C9H7NO4. The maximum absolute atomic E-state index is 10.5. The molecule has 0 bridgehead atoms. The first-order chi connectivity index (χ1) is 6.65. The molecule has 1 aromatic carbocycles. The van der Waals surface area contributed by atoms with Crippen LogP contribution in [-0.4, -0.2) is 16.3 Å². The Morgan fingerprint density at radius 1 is 1.43 bits per heavy atom. The predicted molar refractivity (Wildman–Crippen MR) is 49.9 cm³/mol. The summed E-state index contributed by atoms with van der Waals surface area (Å²) in [6, 6.07) is 3.72. The fraction of sp³-hybridized carbons (Fsp3) is 0. The van der Waals surface area contributed by atoms with Crippen molar-refractivity contribution < 1.29 is 14.8 Å². The molecule has 0 fully saturated rings. The van der Waals surface area contributed by atoms with Crippen LogP contribution in [0.15, 0.2) is 24.3 Å². The van der Waals surface area contributed by atoms with Gasteiger partial charge in [0.2, 0.25) is 0 Å². The molecule has 0 amide bonds. The van der Waals surface area contributed by atoms with Gasteiger partial charge in [-0.15, -0.1) is 0 Å². The molecule has 0 radical (unpaired) electrons. The number of nitro groups is 1. The number of carbonyl (C=O) groups is 1. The molecule has 0 aromatic heterocycles. The van der Waals surface area contributed by atoms with Crippen molar-refractivity contribution >= 4 is 18.0 Å². The second-order valence-corrected chi connectivity index (χ2v) is 2.50. The highest BCUT2D eigenvalue weighted by Crippen LogP contribution is 2.24. The number of rotatable bonds is 3. The zero-order valence-corrected chi connectivity index (χ0v) is 7.08. The van der Waals surface area contributed by atoms with E-state index in [4.69, 9.17) is 5.11 Å². The first kappa shape index (κ1) is 9.91.